The maximum absolute atomic E-state index is 11.9. The summed E-state index contributed by atoms with van der Waals surface area (Å²) < 4.78 is 5.24. The van der Waals surface area contributed by atoms with Gasteiger partial charge in [0.1, 0.15) is 0 Å². The number of carbonyl (C=O) groups excluding carboxylic acids is 1. The Balaban J connectivity index is 1.80. The van der Waals surface area contributed by atoms with Crippen LogP contribution in [0, 0.1) is 11.8 Å². The van der Waals surface area contributed by atoms with E-state index in [1.54, 1.807) is 0 Å². The molecule has 1 aromatic rings. The number of carbonyl (C=O) groups is 1. The van der Waals surface area contributed by atoms with E-state index in [4.69, 9.17) is 9.84 Å². The molecule has 0 saturated carbocycles. The monoisotopic (exact) mass is 319 g/mol. The number of ether oxygens (including phenoxy) is 1. The van der Waals surface area contributed by atoms with Crippen LogP contribution in [0.15, 0.2) is 24.3 Å². The van der Waals surface area contributed by atoms with Crippen LogP contribution < -0.4 is 0 Å². The van der Waals surface area contributed by atoms with Gasteiger partial charge in [-0.25, -0.2) is 4.79 Å². The van der Waals surface area contributed by atoms with Gasteiger partial charge in [0.25, 0.3) is 0 Å². The first-order valence-corrected chi connectivity index (χ1v) is 8.67. The van der Waals surface area contributed by atoms with E-state index in [9.17, 15) is 4.79 Å². The first kappa shape index (κ1) is 18.0. The number of benzene rings is 1. The molecule has 0 aliphatic carbocycles. The van der Waals surface area contributed by atoms with Crippen LogP contribution in [0.2, 0.25) is 0 Å². The maximum atomic E-state index is 11.9. The third-order valence-corrected chi connectivity index (χ3v) is 4.39. The van der Waals surface area contributed by atoms with E-state index in [2.05, 4.69) is 4.90 Å². The van der Waals surface area contributed by atoms with Gasteiger partial charge in [0.05, 0.1) is 12.2 Å². The minimum Gasteiger partial charge on any atom is -0.462 e. The number of rotatable bonds is 7. The van der Waals surface area contributed by atoms with Crippen molar-refractivity contribution in [2.75, 3.05) is 26.3 Å². The second kappa shape index (κ2) is 9.04. The fourth-order valence-corrected chi connectivity index (χ4v) is 2.95. The van der Waals surface area contributed by atoms with Crippen molar-refractivity contribution < 1.29 is 14.6 Å². The summed E-state index contributed by atoms with van der Waals surface area (Å²) in [6, 6.07) is 7.75. The highest BCUT2D eigenvalue weighted by Crippen LogP contribution is 2.21. The molecule has 0 amide bonds. The highest BCUT2D eigenvalue weighted by atomic mass is 16.5. The molecule has 4 nitrogen and oxygen atoms in total. The number of nitrogens with zero attached hydrogens (tertiary/aromatic N) is 1. The predicted octanol–water partition coefficient (Wildman–Crippen LogP) is 3.09. The molecule has 23 heavy (non-hydrogen) atoms. The molecule has 1 aromatic carbocycles. The SMILES string of the molecule is CC(C)COC(=O)c1ccc(CN2CCC(CCO)CC2)cc1. The van der Waals surface area contributed by atoms with Crippen LogP contribution in [0.1, 0.15) is 49.0 Å². The molecule has 0 atom stereocenters. The number of aliphatic hydroxyl groups excluding tert-OH is 1. The summed E-state index contributed by atoms with van der Waals surface area (Å²) in [6.07, 6.45) is 3.27. The fourth-order valence-electron chi connectivity index (χ4n) is 2.95. The van der Waals surface area contributed by atoms with Gasteiger partial charge < -0.3 is 9.84 Å². The number of likely N-dealkylation sites (tertiary alicyclic amines) is 1. The number of hydrogen-bond acceptors (Lipinski definition) is 4. The van der Waals surface area contributed by atoms with E-state index < -0.39 is 0 Å². The predicted molar refractivity (Wildman–Crippen MR) is 91.3 cm³/mol. The minimum atomic E-state index is -0.241. The molecule has 1 heterocycles. The fraction of sp³-hybridized carbons (Fsp3) is 0.632. The van der Waals surface area contributed by atoms with Crippen molar-refractivity contribution in [1.29, 1.82) is 0 Å². The zero-order valence-electron chi connectivity index (χ0n) is 14.3. The van der Waals surface area contributed by atoms with Gasteiger partial charge in [0.2, 0.25) is 0 Å². The van der Waals surface area contributed by atoms with Gasteiger partial charge in [-0.2, -0.15) is 0 Å². The summed E-state index contributed by atoms with van der Waals surface area (Å²) in [7, 11) is 0. The Hall–Kier alpha value is -1.39. The summed E-state index contributed by atoms with van der Waals surface area (Å²) in [5, 5.41) is 9.01. The van der Waals surface area contributed by atoms with Crippen molar-refractivity contribution >= 4 is 5.97 Å². The van der Waals surface area contributed by atoms with Crippen LogP contribution >= 0.6 is 0 Å². The average molecular weight is 319 g/mol. The zero-order valence-corrected chi connectivity index (χ0v) is 14.3. The lowest BCUT2D eigenvalue weighted by Gasteiger charge is -2.31. The number of esters is 1. The maximum Gasteiger partial charge on any atom is 0.338 e. The van der Waals surface area contributed by atoms with Crippen LogP contribution in [0.3, 0.4) is 0 Å². The Morgan fingerprint density at radius 3 is 2.48 bits per heavy atom. The molecule has 1 saturated heterocycles. The summed E-state index contributed by atoms with van der Waals surface area (Å²) >= 11 is 0. The summed E-state index contributed by atoms with van der Waals surface area (Å²) in [5.74, 6) is 0.788. The Morgan fingerprint density at radius 1 is 1.26 bits per heavy atom. The molecule has 1 aliphatic heterocycles. The van der Waals surface area contributed by atoms with Crippen LogP contribution in [-0.4, -0.2) is 42.3 Å². The van der Waals surface area contributed by atoms with Crippen molar-refractivity contribution in [1.82, 2.24) is 4.90 Å². The quantitative estimate of drug-likeness (QED) is 0.785. The van der Waals surface area contributed by atoms with Gasteiger partial charge in [-0.1, -0.05) is 26.0 Å². The van der Waals surface area contributed by atoms with Crippen LogP contribution in [0.5, 0.6) is 0 Å². The number of aliphatic hydroxyl groups is 1. The lowest BCUT2D eigenvalue weighted by Crippen LogP contribution is -2.33. The van der Waals surface area contributed by atoms with Crippen molar-refractivity contribution in [3.05, 3.63) is 35.4 Å². The molecular weight excluding hydrogens is 290 g/mol. The van der Waals surface area contributed by atoms with Crippen molar-refractivity contribution in [3.63, 3.8) is 0 Å². The van der Waals surface area contributed by atoms with Crippen molar-refractivity contribution in [3.8, 4) is 0 Å². The molecule has 0 unspecified atom stereocenters. The zero-order chi connectivity index (χ0) is 16.7. The van der Waals surface area contributed by atoms with E-state index >= 15 is 0 Å². The van der Waals surface area contributed by atoms with E-state index in [1.165, 1.54) is 18.4 Å². The van der Waals surface area contributed by atoms with E-state index in [1.807, 2.05) is 38.1 Å². The normalized spacial score (nSPS) is 16.7. The summed E-state index contributed by atoms with van der Waals surface area (Å²) in [6.45, 7) is 7.92. The highest BCUT2D eigenvalue weighted by molar-refractivity contribution is 5.89. The first-order valence-electron chi connectivity index (χ1n) is 8.67. The second-order valence-corrected chi connectivity index (χ2v) is 6.92. The summed E-state index contributed by atoms with van der Waals surface area (Å²) in [5.41, 5.74) is 1.85. The van der Waals surface area contributed by atoms with E-state index in [0.29, 0.717) is 30.6 Å². The number of hydrogen-bond donors (Lipinski definition) is 1. The van der Waals surface area contributed by atoms with Gasteiger partial charge >= 0.3 is 5.97 Å². The molecule has 0 spiro atoms. The summed E-state index contributed by atoms with van der Waals surface area (Å²) in [4.78, 5) is 14.3. The molecular formula is C19H29NO3. The van der Waals surface area contributed by atoms with Gasteiger partial charge in [0.15, 0.2) is 0 Å². The Morgan fingerprint density at radius 2 is 1.91 bits per heavy atom. The topological polar surface area (TPSA) is 49.8 Å². The minimum absolute atomic E-state index is 0.241. The largest absolute Gasteiger partial charge is 0.462 e. The van der Waals surface area contributed by atoms with Gasteiger partial charge in [0, 0.05) is 13.2 Å². The Bertz CT molecular complexity index is 476. The molecule has 1 fully saturated rings. The Kier molecular flexibility index (Phi) is 7.06. The molecule has 4 heteroatoms. The third kappa shape index (κ3) is 5.96. The highest BCUT2D eigenvalue weighted by Gasteiger charge is 2.18. The molecule has 0 aromatic heterocycles. The van der Waals surface area contributed by atoms with Crippen LogP contribution in [0.25, 0.3) is 0 Å². The van der Waals surface area contributed by atoms with Crippen LogP contribution in [0.4, 0.5) is 0 Å². The third-order valence-electron chi connectivity index (χ3n) is 4.39. The van der Waals surface area contributed by atoms with Gasteiger partial charge in [-0.05, 0) is 61.9 Å². The lowest BCUT2D eigenvalue weighted by atomic mass is 9.93. The molecule has 128 valence electrons. The van der Waals surface area contributed by atoms with Crippen molar-refractivity contribution in [2.45, 2.75) is 39.7 Å². The molecule has 1 aliphatic rings. The first-order chi connectivity index (χ1) is 11.1. The van der Waals surface area contributed by atoms with E-state index in [0.717, 1.165) is 26.1 Å². The van der Waals surface area contributed by atoms with Crippen molar-refractivity contribution in [2.24, 2.45) is 11.8 Å². The molecule has 2 rings (SSSR count). The molecule has 0 bridgehead atoms. The average Bonchev–Trinajstić information content (AvgIpc) is 2.55. The lowest BCUT2D eigenvalue weighted by molar-refractivity contribution is 0.0459. The van der Waals surface area contributed by atoms with Gasteiger partial charge in [-0.15, -0.1) is 0 Å². The van der Waals surface area contributed by atoms with Crippen LogP contribution in [-0.2, 0) is 11.3 Å². The smallest absolute Gasteiger partial charge is 0.338 e. The van der Waals surface area contributed by atoms with Gasteiger partial charge in [-0.3, -0.25) is 4.90 Å². The standard InChI is InChI=1S/C19H29NO3/c1-15(2)14-23-19(22)18-5-3-17(4-6-18)13-20-10-7-16(8-11-20)9-12-21/h3-6,15-16,21H,7-14H2,1-2H3. The van der Waals surface area contributed by atoms with E-state index in [-0.39, 0.29) is 5.97 Å². The number of piperidine rings is 1. The molecule has 0 radical (unpaired) electrons. The molecule has 1 N–H and O–H groups in total. The Labute approximate surface area is 139 Å². The second-order valence-electron chi connectivity index (χ2n) is 6.92.